The van der Waals surface area contributed by atoms with Crippen LogP contribution in [0.2, 0.25) is 0 Å². The largest absolute Gasteiger partial charge is 0.366 e. The van der Waals surface area contributed by atoms with E-state index in [0.29, 0.717) is 11.8 Å². The van der Waals surface area contributed by atoms with Gasteiger partial charge < -0.3 is 5.73 Å². The van der Waals surface area contributed by atoms with Crippen LogP contribution in [0.25, 0.3) is 11.1 Å². The molecule has 90 valence electrons. The molecule has 0 spiro atoms. The fourth-order valence-electron chi connectivity index (χ4n) is 1.95. The molecule has 0 fully saturated rings. The molecule has 2 aromatic rings. The highest BCUT2D eigenvalue weighted by atomic mass is 16.1. The quantitative estimate of drug-likeness (QED) is 0.837. The molecule has 0 aliphatic heterocycles. The van der Waals surface area contributed by atoms with Gasteiger partial charge in [0, 0.05) is 11.1 Å². The van der Waals surface area contributed by atoms with E-state index in [1.807, 2.05) is 31.2 Å². The summed E-state index contributed by atoms with van der Waals surface area (Å²) in [5, 5.41) is 0. The highest BCUT2D eigenvalue weighted by molar-refractivity contribution is 6.01. The topological polar surface area (TPSA) is 60.2 Å². The first-order valence-corrected chi connectivity index (χ1v) is 5.58. The van der Waals surface area contributed by atoms with Gasteiger partial charge in [-0.3, -0.25) is 9.59 Å². The summed E-state index contributed by atoms with van der Waals surface area (Å²) in [6, 6.07) is 12.9. The number of primary amides is 1. The Morgan fingerprint density at radius 3 is 2.50 bits per heavy atom. The van der Waals surface area contributed by atoms with E-state index in [0.717, 1.165) is 16.7 Å². The summed E-state index contributed by atoms with van der Waals surface area (Å²) in [5.74, 6) is -0.589. The van der Waals surface area contributed by atoms with Crippen LogP contribution in [0.3, 0.4) is 0 Å². The van der Waals surface area contributed by atoms with Crippen LogP contribution >= 0.6 is 0 Å². The molecule has 0 aliphatic carbocycles. The standard InChI is InChI=1S/C15H13NO2/c1-10-4-2-3-5-13(10)11-6-7-14(15(16)18)12(8-11)9-17/h2-9H,1H3,(H2,16,18). The first kappa shape index (κ1) is 12.0. The van der Waals surface area contributed by atoms with Crippen LogP contribution in [-0.2, 0) is 0 Å². The van der Waals surface area contributed by atoms with Crippen LogP contribution in [0.4, 0.5) is 0 Å². The average molecular weight is 239 g/mol. The fraction of sp³-hybridized carbons (Fsp3) is 0.0667. The second kappa shape index (κ2) is 4.84. The van der Waals surface area contributed by atoms with Crippen LogP contribution in [0.15, 0.2) is 42.5 Å². The molecule has 0 heterocycles. The molecule has 0 saturated heterocycles. The van der Waals surface area contributed by atoms with E-state index < -0.39 is 5.91 Å². The minimum absolute atomic E-state index is 0.252. The molecular weight excluding hydrogens is 226 g/mol. The van der Waals surface area contributed by atoms with E-state index in [-0.39, 0.29) is 5.56 Å². The van der Waals surface area contributed by atoms with Gasteiger partial charge in [-0.1, -0.05) is 30.3 Å². The normalized spacial score (nSPS) is 10.1. The van der Waals surface area contributed by atoms with Gasteiger partial charge in [0.25, 0.3) is 0 Å². The monoisotopic (exact) mass is 239 g/mol. The molecular formula is C15H13NO2. The van der Waals surface area contributed by atoms with E-state index in [1.165, 1.54) is 0 Å². The number of benzene rings is 2. The number of hydrogen-bond acceptors (Lipinski definition) is 2. The fourth-order valence-corrected chi connectivity index (χ4v) is 1.95. The third kappa shape index (κ3) is 2.15. The molecule has 3 heteroatoms. The Labute approximate surface area is 105 Å². The van der Waals surface area contributed by atoms with Crippen molar-refractivity contribution in [3.8, 4) is 11.1 Å². The molecule has 2 rings (SSSR count). The van der Waals surface area contributed by atoms with Crippen LogP contribution in [0.1, 0.15) is 26.3 Å². The number of aldehydes is 1. The number of nitrogens with two attached hydrogens (primary N) is 1. The number of hydrogen-bond donors (Lipinski definition) is 1. The maximum absolute atomic E-state index is 11.2. The van der Waals surface area contributed by atoms with E-state index >= 15 is 0 Å². The first-order chi connectivity index (χ1) is 8.63. The molecule has 0 saturated carbocycles. The van der Waals surface area contributed by atoms with Crippen molar-refractivity contribution in [1.82, 2.24) is 0 Å². The van der Waals surface area contributed by atoms with Crippen molar-refractivity contribution < 1.29 is 9.59 Å². The van der Waals surface area contributed by atoms with Crippen LogP contribution in [-0.4, -0.2) is 12.2 Å². The molecule has 3 nitrogen and oxygen atoms in total. The Bertz CT molecular complexity index is 618. The van der Waals surface area contributed by atoms with Gasteiger partial charge in [0.1, 0.15) is 0 Å². The maximum Gasteiger partial charge on any atom is 0.249 e. The lowest BCUT2D eigenvalue weighted by Crippen LogP contribution is -2.13. The first-order valence-electron chi connectivity index (χ1n) is 5.58. The molecule has 2 aromatic carbocycles. The Morgan fingerprint density at radius 2 is 1.89 bits per heavy atom. The van der Waals surface area contributed by atoms with Crippen molar-refractivity contribution in [2.75, 3.05) is 0 Å². The number of carbonyl (C=O) groups is 2. The van der Waals surface area contributed by atoms with Gasteiger partial charge >= 0.3 is 0 Å². The smallest absolute Gasteiger partial charge is 0.249 e. The van der Waals surface area contributed by atoms with Gasteiger partial charge in [-0.15, -0.1) is 0 Å². The summed E-state index contributed by atoms with van der Waals surface area (Å²) >= 11 is 0. The summed E-state index contributed by atoms with van der Waals surface area (Å²) in [5.41, 5.74) is 8.84. The maximum atomic E-state index is 11.2. The Hall–Kier alpha value is -2.42. The highest BCUT2D eigenvalue weighted by Crippen LogP contribution is 2.24. The van der Waals surface area contributed by atoms with Crippen molar-refractivity contribution in [3.05, 3.63) is 59.2 Å². The van der Waals surface area contributed by atoms with Crippen molar-refractivity contribution in [2.24, 2.45) is 5.73 Å². The predicted molar refractivity (Wildman–Crippen MR) is 70.5 cm³/mol. The zero-order chi connectivity index (χ0) is 13.1. The molecule has 0 aliphatic rings. The number of carbonyl (C=O) groups excluding carboxylic acids is 2. The van der Waals surface area contributed by atoms with Gasteiger partial charge in [0.15, 0.2) is 6.29 Å². The Balaban J connectivity index is 2.58. The van der Waals surface area contributed by atoms with E-state index in [1.54, 1.807) is 18.2 Å². The van der Waals surface area contributed by atoms with E-state index in [9.17, 15) is 9.59 Å². The summed E-state index contributed by atoms with van der Waals surface area (Å²) < 4.78 is 0. The molecule has 1 amide bonds. The molecule has 0 aromatic heterocycles. The lowest BCUT2D eigenvalue weighted by Gasteiger charge is -2.08. The minimum Gasteiger partial charge on any atom is -0.366 e. The van der Waals surface area contributed by atoms with Crippen molar-refractivity contribution in [3.63, 3.8) is 0 Å². The number of rotatable bonds is 3. The lowest BCUT2D eigenvalue weighted by atomic mass is 9.96. The second-order valence-corrected chi connectivity index (χ2v) is 4.10. The number of amides is 1. The summed E-state index contributed by atoms with van der Waals surface area (Å²) in [6.45, 7) is 2.00. The second-order valence-electron chi connectivity index (χ2n) is 4.10. The van der Waals surface area contributed by atoms with Crippen LogP contribution < -0.4 is 5.73 Å². The van der Waals surface area contributed by atoms with Crippen LogP contribution in [0, 0.1) is 6.92 Å². The van der Waals surface area contributed by atoms with E-state index in [2.05, 4.69) is 0 Å². The minimum atomic E-state index is -0.589. The summed E-state index contributed by atoms with van der Waals surface area (Å²) in [7, 11) is 0. The molecule has 18 heavy (non-hydrogen) atoms. The van der Waals surface area contributed by atoms with E-state index in [4.69, 9.17) is 5.73 Å². The van der Waals surface area contributed by atoms with Gasteiger partial charge in [0.05, 0.1) is 0 Å². The lowest BCUT2D eigenvalue weighted by molar-refractivity contribution is 0.0993. The predicted octanol–water partition coefficient (Wildman–Crippen LogP) is 2.57. The molecule has 0 unspecified atom stereocenters. The van der Waals surface area contributed by atoms with Crippen LogP contribution in [0.5, 0.6) is 0 Å². The third-order valence-corrected chi connectivity index (χ3v) is 2.90. The van der Waals surface area contributed by atoms with Gasteiger partial charge in [0.2, 0.25) is 5.91 Å². The molecule has 2 N–H and O–H groups in total. The summed E-state index contributed by atoms with van der Waals surface area (Å²) in [6.07, 6.45) is 0.655. The SMILES string of the molecule is Cc1ccccc1-c1ccc(C(N)=O)c(C=O)c1. The average Bonchev–Trinajstić information content (AvgIpc) is 2.38. The zero-order valence-electron chi connectivity index (χ0n) is 10.0. The van der Waals surface area contributed by atoms with Crippen molar-refractivity contribution >= 4 is 12.2 Å². The summed E-state index contributed by atoms with van der Waals surface area (Å²) in [4.78, 5) is 22.2. The molecule has 0 radical (unpaired) electrons. The third-order valence-electron chi connectivity index (χ3n) is 2.90. The van der Waals surface area contributed by atoms with Gasteiger partial charge in [-0.2, -0.15) is 0 Å². The number of aryl methyl sites for hydroxylation is 1. The Morgan fingerprint density at radius 1 is 1.17 bits per heavy atom. The molecule has 0 atom stereocenters. The van der Waals surface area contributed by atoms with Gasteiger partial charge in [-0.25, -0.2) is 0 Å². The van der Waals surface area contributed by atoms with Gasteiger partial charge in [-0.05, 0) is 35.7 Å². The Kier molecular flexibility index (Phi) is 3.24. The van der Waals surface area contributed by atoms with Crippen molar-refractivity contribution in [2.45, 2.75) is 6.92 Å². The van der Waals surface area contributed by atoms with Crippen molar-refractivity contribution in [1.29, 1.82) is 0 Å². The molecule has 0 bridgehead atoms. The zero-order valence-corrected chi connectivity index (χ0v) is 10.0. The highest BCUT2D eigenvalue weighted by Gasteiger charge is 2.09.